The van der Waals surface area contributed by atoms with Gasteiger partial charge in [0, 0.05) is 12.1 Å². The number of unbranched alkanes of at least 4 members (excludes halogenated alkanes) is 2. The van der Waals surface area contributed by atoms with Gasteiger partial charge < -0.3 is 14.0 Å². The molecule has 0 N–H and O–H groups in total. The first-order valence-electron chi connectivity index (χ1n) is 10.7. The van der Waals surface area contributed by atoms with Crippen molar-refractivity contribution in [1.29, 1.82) is 0 Å². The predicted molar refractivity (Wildman–Crippen MR) is 123 cm³/mol. The standard InChI is InChI=1S/C24H30N2O3S/c1-4-7-8-15-29-19-11-9-10-18(16-19)23(27)25-24-26(14-5-2)21-13-12-20(28-6-3)17-22(21)30-24/h9-13,16-17H,4-8,14-15H2,1-3H3. The van der Waals surface area contributed by atoms with Gasteiger partial charge in [0.25, 0.3) is 5.91 Å². The predicted octanol–water partition coefficient (Wildman–Crippen LogP) is 5.82. The monoisotopic (exact) mass is 426 g/mol. The second kappa shape index (κ2) is 11.0. The number of ether oxygens (including phenoxy) is 2. The van der Waals surface area contributed by atoms with E-state index >= 15 is 0 Å². The molecule has 3 rings (SSSR count). The molecule has 5 nitrogen and oxygen atoms in total. The molecule has 0 fully saturated rings. The SMILES string of the molecule is CCCCCOc1cccc(C(=O)N=c2sc3cc(OCC)ccc3n2CCC)c1. The molecule has 0 aliphatic rings. The number of hydrogen-bond donors (Lipinski definition) is 0. The fourth-order valence-electron chi connectivity index (χ4n) is 3.25. The first-order chi connectivity index (χ1) is 14.7. The van der Waals surface area contributed by atoms with E-state index in [-0.39, 0.29) is 5.91 Å². The van der Waals surface area contributed by atoms with Crippen molar-refractivity contribution >= 4 is 27.5 Å². The van der Waals surface area contributed by atoms with Gasteiger partial charge in [0.15, 0.2) is 4.80 Å². The van der Waals surface area contributed by atoms with Crippen molar-refractivity contribution in [2.45, 2.75) is 53.0 Å². The van der Waals surface area contributed by atoms with Crippen LogP contribution in [-0.4, -0.2) is 23.7 Å². The lowest BCUT2D eigenvalue weighted by atomic mass is 10.2. The molecule has 0 saturated heterocycles. The van der Waals surface area contributed by atoms with Gasteiger partial charge in [-0.05, 0) is 56.2 Å². The summed E-state index contributed by atoms with van der Waals surface area (Å²) in [6.45, 7) is 8.35. The molecule has 0 spiro atoms. The molecule has 1 aromatic heterocycles. The molecule has 0 bridgehead atoms. The quantitative estimate of drug-likeness (QED) is 0.384. The molecule has 0 aliphatic carbocycles. The maximum absolute atomic E-state index is 12.9. The average Bonchev–Trinajstić information content (AvgIpc) is 3.08. The average molecular weight is 427 g/mol. The Labute approximate surface area is 182 Å². The Bertz CT molecular complexity index is 1050. The largest absolute Gasteiger partial charge is 0.494 e. The minimum absolute atomic E-state index is 0.254. The van der Waals surface area contributed by atoms with Gasteiger partial charge >= 0.3 is 0 Å². The van der Waals surface area contributed by atoms with Crippen LogP contribution < -0.4 is 14.3 Å². The van der Waals surface area contributed by atoms with Crippen molar-refractivity contribution in [3.63, 3.8) is 0 Å². The first-order valence-corrected chi connectivity index (χ1v) is 11.6. The first kappa shape index (κ1) is 22.1. The minimum atomic E-state index is -0.254. The number of carbonyl (C=O) groups is 1. The van der Waals surface area contributed by atoms with E-state index in [1.165, 1.54) is 11.3 Å². The molecule has 0 aliphatic heterocycles. The summed E-state index contributed by atoms with van der Waals surface area (Å²) in [4.78, 5) is 18.1. The smallest absolute Gasteiger partial charge is 0.279 e. The van der Waals surface area contributed by atoms with Crippen molar-refractivity contribution in [1.82, 2.24) is 4.57 Å². The molecule has 30 heavy (non-hydrogen) atoms. The zero-order valence-electron chi connectivity index (χ0n) is 18.0. The van der Waals surface area contributed by atoms with Crippen LogP contribution in [0.5, 0.6) is 11.5 Å². The lowest BCUT2D eigenvalue weighted by Gasteiger charge is -2.06. The third-order valence-corrected chi connectivity index (χ3v) is 5.75. The highest BCUT2D eigenvalue weighted by molar-refractivity contribution is 7.16. The van der Waals surface area contributed by atoms with E-state index in [9.17, 15) is 4.79 Å². The topological polar surface area (TPSA) is 52.8 Å². The number of fused-ring (bicyclic) bond motifs is 1. The lowest BCUT2D eigenvalue weighted by molar-refractivity contribution is 0.0997. The summed E-state index contributed by atoms with van der Waals surface area (Å²) in [5.74, 6) is 1.29. The van der Waals surface area contributed by atoms with E-state index < -0.39 is 0 Å². The van der Waals surface area contributed by atoms with Crippen molar-refractivity contribution in [3.8, 4) is 11.5 Å². The zero-order chi connectivity index (χ0) is 21.3. The Morgan fingerprint density at radius 1 is 1.00 bits per heavy atom. The van der Waals surface area contributed by atoms with Crippen LogP contribution in [0.1, 0.15) is 56.8 Å². The number of benzene rings is 2. The molecule has 0 atom stereocenters. The van der Waals surface area contributed by atoms with Gasteiger partial charge in [-0.1, -0.05) is 44.1 Å². The molecule has 0 saturated carbocycles. The van der Waals surface area contributed by atoms with Gasteiger partial charge in [-0.3, -0.25) is 4.79 Å². The highest BCUT2D eigenvalue weighted by Crippen LogP contribution is 2.24. The number of amides is 1. The lowest BCUT2D eigenvalue weighted by Crippen LogP contribution is -2.16. The summed E-state index contributed by atoms with van der Waals surface area (Å²) in [6.07, 6.45) is 4.27. The fraction of sp³-hybridized carbons (Fsp3) is 0.417. The molecule has 0 unspecified atom stereocenters. The Kier molecular flexibility index (Phi) is 8.08. The number of rotatable bonds is 10. The van der Waals surface area contributed by atoms with E-state index in [1.807, 2.05) is 37.3 Å². The molecule has 160 valence electrons. The van der Waals surface area contributed by atoms with Crippen LogP contribution in [-0.2, 0) is 6.54 Å². The second-order valence-corrected chi connectivity index (χ2v) is 8.11. The number of hydrogen-bond acceptors (Lipinski definition) is 4. The van der Waals surface area contributed by atoms with Crippen LogP contribution in [0.2, 0.25) is 0 Å². The summed E-state index contributed by atoms with van der Waals surface area (Å²) in [6, 6.07) is 13.3. The Balaban J connectivity index is 1.89. The van der Waals surface area contributed by atoms with Gasteiger partial charge in [-0.2, -0.15) is 4.99 Å². The van der Waals surface area contributed by atoms with Crippen molar-refractivity contribution in [2.24, 2.45) is 4.99 Å². The van der Waals surface area contributed by atoms with Crippen LogP contribution in [0.25, 0.3) is 10.2 Å². The van der Waals surface area contributed by atoms with Gasteiger partial charge in [0.1, 0.15) is 11.5 Å². The van der Waals surface area contributed by atoms with Crippen molar-refractivity contribution in [2.75, 3.05) is 13.2 Å². The summed E-state index contributed by atoms with van der Waals surface area (Å²) in [5.41, 5.74) is 1.61. The van der Waals surface area contributed by atoms with Gasteiger partial charge in [-0.15, -0.1) is 0 Å². The highest BCUT2D eigenvalue weighted by atomic mass is 32.1. The number of carbonyl (C=O) groups excluding carboxylic acids is 1. The maximum atomic E-state index is 12.9. The number of thiazole rings is 1. The third-order valence-electron chi connectivity index (χ3n) is 4.71. The van der Waals surface area contributed by atoms with E-state index in [0.29, 0.717) is 29.3 Å². The Morgan fingerprint density at radius 3 is 2.60 bits per heavy atom. The highest BCUT2D eigenvalue weighted by Gasteiger charge is 2.11. The normalized spacial score (nSPS) is 11.8. The zero-order valence-corrected chi connectivity index (χ0v) is 18.8. The molecule has 6 heteroatoms. The van der Waals surface area contributed by atoms with E-state index in [0.717, 1.165) is 48.2 Å². The van der Waals surface area contributed by atoms with E-state index in [1.54, 1.807) is 12.1 Å². The van der Waals surface area contributed by atoms with Gasteiger partial charge in [0.05, 0.1) is 23.4 Å². The second-order valence-electron chi connectivity index (χ2n) is 7.10. The fourth-order valence-corrected chi connectivity index (χ4v) is 4.33. The molecule has 3 aromatic rings. The number of nitrogens with zero attached hydrogens (tertiary/aromatic N) is 2. The Morgan fingerprint density at radius 2 is 1.83 bits per heavy atom. The van der Waals surface area contributed by atoms with Crippen LogP contribution in [0.3, 0.4) is 0 Å². The van der Waals surface area contributed by atoms with Gasteiger partial charge in [0.2, 0.25) is 0 Å². The van der Waals surface area contributed by atoms with Crippen molar-refractivity contribution in [3.05, 3.63) is 52.8 Å². The number of aromatic nitrogens is 1. The van der Waals surface area contributed by atoms with E-state index in [2.05, 4.69) is 23.4 Å². The molecule has 1 heterocycles. The summed E-state index contributed by atoms with van der Waals surface area (Å²) in [7, 11) is 0. The minimum Gasteiger partial charge on any atom is -0.494 e. The number of aryl methyl sites for hydroxylation is 1. The van der Waals surface area contributed by atoms with E-state index in [4.69, 9.17) is 9.47 Å². The van der Waals surface area contributed by atoms with Crippen molar-refractivity contribution < 1.29 is 14.3 Å². The summed E-state index contributed by atoms with van der Waals surface area (Å²) in [5, 5.41) is 0. The summed E-state index contributed by atoms with van der Waals surface area (Å²) < 4.78 is 14.6. The molecule has 2 aromatic carbocycles. The molecular formula is C24H30N2O3S. The van der Waals surface area contributed by atoms with Crippen LogP contribution in [0.15, 0.2) is 47.5 Å². The summed E-state index contributed by atoms with van der Waals surface area (Å²) >= 11 is 1.51. The van der Waals surface area contributed by atoms with Crippen LogP contribution in [0, 0.1) is 0 Å². The maximum Gasteiger partial charge on any atom is 0.279 e. The van der Waals surface area contributed by atoms with Gasteiger partial charge in [-0.25, -0.2) is 0 Å². The molecule has 0 radical (unpaired) electrons. The third kappa shape index (κ3) is 5.51. The Hall–Kier alpha value is -2.60. The van der Waals surface area contributed by atoms with Crippen LogP contribution >= 0.6 is 11.3 Å². The van der Waals surface area contributed by atoms with Crippen LogP contribution in [0.4, 0.5) is 0 Å². The molecular weight excluding hydrogens is 396 g/mol. The molecule has 1 amide bonds.